The van der Waals surface area contributed by atoms with Crippen LogP contribution in [0.4, 0.5) is 0 Å². The van der Waals surface area contributed by atoms with Gasteiger partial charge in [0.25, 0.3) is 0 Å². The summed E-state index contributed by atoms with van der Waals surface area (Å²) < 4.78 is 0. The van der Waals surface area contributed by atoms with E-state index in [0.717, 1.165) is 61.2 Å². The molecule has 0 saturated carbocycles. The van der Waals surface area contributed by atoms with Crippen LogP contribution in [-0.2, 0) is 5.41 Å². The zero-order chi connectivity index (χ0) is 44.6. The lowest BCUT2D eigenvalue weighted by atomic mass is 9.67. The Morgan fingerprint density at radius 3 is 1.21 bits per heavy atom. The second kappa shape index (κ2) is 16.9. The van der Waals surface area contributed by atoms with Crippen LogP contribution >= 0.6 is 0 Å². The van der Waals surface area contributed by atoms with Crippen molar-refractivity contribution >= 4 is 0 Å². The van der Waals surface area contributed by atoms with Crippen molar-refractivity contribution in [1.29, 1.82) is 0 Å². The third-order valence-corrected chi connectivity index (χ3v) is 13.0. The molecule has 3 heteroatoms. The second-order valence-electron chi connectivity index (χ2n) is 17.0. The first-order valence-corrected chi connectivity index (χ1v) is 22.7. The molecule has 0 saturated heterocycles. The summed E-state index contributed by atoms with van der Waals surface area (Å²) >= 11 is 0. The first-order chi connectivity index (χ1) is 33.2. The molecule has 1 aromatic heterocycles. The van der Waals surface area contributed by atoms with E-state index in [4.69, 9.17) is 15.0 Å². The van der Waals surface area contributed by atoms with Gasteiger partial charge in [0.1, 0.15) is 0 Å². The molecule has 10 aromatic carbocycles. The van der Waals surface area contributed by atoms with Gasteiger partial charge < -0.3 is 0 Å². The molecule has 0 radical (unpaired) electrons. The summed E-state index contributed by atoms with van der Waals surface area (Å²) in [6.45, 7) is 0. The van der Waals surface area contributed by atoms with Crippen LogP contribution in [0.15, 0.2) is 249 Å². The largest absolute Gasteiger partial charge is 0.208 e. The van der Waals surface area contributed by atoms with Gasteiger partial charge in [-0.25, -0.2) is 15.0 Å². The first kappa shape index (κ1) is 39.6. The first-order valence-electron chi connectivity index (χ1n) is 22.7. The average Bonchev–Trinajstić information content (AvgIpc) is 3.72. The Morgan fingerprint density at radius 2 is 0.701 bits per heavy atom. The van der Waals surface area contributed by atoms with E-state index in [9.17, 15) is 0 Å². The molecule has 1 aliphatic rings. The van der Waals surface area contributed by atoms with E-state index >= 15 is 0 Å². The number of hydrogen-bond donors (Lipinski definition) is 0. The van der Waals surface area contributed by atoms with Gasteiger partial charge in [-0.05, 0) is 127 Å². The molecule has 3 nitrogen and oxygen atoms in total. The van der Waals surface area contributed by atoms with Crippen LogP contribution in [0.5, 0.6) is 0 Å². The minimum absolute atomic E-state index is 0.575. The fraction of sp³-hybridized carbons (Fsp3) is 0.0156. The summed E-state index contributed by atoms with van der Waals surface area (Å²) in [5.41, 5.74) is 17.8. The van der Waals surface area contributed by atoms with Gasteiger partial charge >= 0.3 is 0 Å². The molecule has 1 heterocycles. The summed E-state index contributed by atoms with van der Waals surface area (Å²) in [5, 5.41) is 0. The molecule has 0 bridgehead atoms. The molecule has 0 amide bonds. The molecular weight excluding hydrogens is 811 g/mol. The maximum Gasteiger partial charge on any atom is 0.164 e. The Kier molecular flexibility index (Phi) is 9.97. The summed E-state index contributed by atoms with van der Waals surface area (Å²) in [6.07, 6.45) is 0. The molecule has 67 heavy (non-hydrogen) atoms. The van der Waals surface area contributed by atoms with Gasteiger partial charge in [-0.2, -0.15) is 0 Å². The van der Waals surface area contributed by atoms with Crippen molar-refractivity contribution in [3.05, 3.63) is 283 Å². The minimum Gasteiger partial charge on any atom is -0.208 e. The van der Waals surface area contributed by atoms with E-state index in [1.165, 1.54) is 33.4 Å². The van der Waals surface area contributed by atoms with Crippen molar-refractivity contribution in [2.24, 2.45) is 0 Å². The van der Waals surface area contributed by atoms with Crippen LogP contribution in [0.3, 0.4) is 0 Å². The molecule has 0 fully saturated rings. The van der Waals surface area contributed by atoms with E-state index < -0.39 is 5.41 Å². The number of aromatic nitrogens is 3. The molecule has 0 unspecified atom stereocenters. The van der Waals surface area contributed by atoms with E-state index in [2.05, 4.69) is 243 Å². The SMILES string of the molecule is c1cccc(-c2cc(-c3ccccc3)cc(-c3nc(-c4cc(-c5ccccc5)cc(-c5ccccc5)c4)nc(-c4ccc5c(c4)C(c4ccccc4)(c4ccccc4)c4ccccc4-5)n3)c2)c#1. The highest BCUT2D eigenvalue weighted by atomic mass is 15.0. The van der Waals surface area contributed by atoms with Crippen LogP contribution < -0.4 is 0 Å². The zero-order valence-corrected chi connectivity index (χ0v) is 36.5. The maximum atomic E-state index is 5.46. The predicted octanol–water partition coefficient (Wildman–Crippen LogP) is 15.5. The van der Waals surface area contributed by atoms with Crippen LogP contribution in [0.2, 0.25) is 0 Å². The van der Waals surface area contributed by atoms with Gasteiger partial charge in [0.05, 0.1) is 5.41 Å². The van der Waals surface area contributed by atoms with Crippen molar-refractivity contribution < 1.29 is 0 Å². The molecule has 1 aliphatic carbocycles. The second-order valence-corrected chi connectivity index (χ2v) is 17.0. The lowest BCUT2D eigenvalue weighted by molar-refractivity contribution is 0.768. The van der Waals surface area contributed by atoms with Crippen molar-refractivity contribution in [3.63, 3.8) is 0 Å². The Balaban J connectivity index is 1.13. The molecule has 312 valence electrons. The molecule has 0 spiro atoms. The Labute approximate surface area is 391 Å². The quantitative estimate of drug-likeness (QED) is 0.145. The summed E-state index contributed by atoms with van der Waals surface area (Å²) in [7, 11) is 0. The number of rotatable bonds is 9. The highest BCUT2D eigenvalue weighted by Gasteiger charge is 2.46. The lowest BCUT2D eigenvalue weighted by Gasteiger charge is -2.34. The third-order valence-electron chi connectivity index (χ3n) is 13.0. The highest BCUT2D eigenvalue weighted by Crippen LogP contribution is 2.56. The monoisotopic (exact) mass is 851 g/mol. The van der Waals surface area contributed by atoms with Gasteiger partial charge in [-0.3, -0.25) is 0 Å². The van der Waals surface area contributed by atoms with Gasteiger partial charge in [0.15, 0.2) is 17.5 Å². The number of nitrogens with zero attached hydrogens (tertiary/aromatic N) is 3. The molecule has 12 rings (SSSR count). The maximum absolute atomic E-state index is 5.46. The number of benzene rings is 9. The third kappa shape index (κ3) is 7.19. The van der Waals surface area contributed by atoms with E-state index in [1.807, 2.05) is 18.2 Å². The van der Waals surface area contributed by atoms with E-state index in [-0.39, 0.29) is 0 Å². The van der Waals surface area contributed by atoms with Gasteiger partial charge in [0, 0.05) is 22.3 Å². The average molecular weight is 852 g/mol. The van der Waals surface area contributed by atoms with Crippen LogP contribution in [-0.4, -0.2) is 15.0 Å². The Hall–Kier alpha value is -8.97. The highest BCUT2D eigenvalue weighted by molar-refractivity contribution is 5.89. The Morgan fingerprint density at radius 1 is 0.284 bits per heavy atom. The molecule has 0 aliphatic heterocycles. The van der Waals surface area contributed by atoms with Gasteiger partial charge in [-0.15, -0.1) is 0 Å². The predicted molar refractivity (Wildman–Crippen MR) is 273 cm³/mol. The van der Waals surface area contributed by atoms with Crippen molar-refractivity contribution in [1.82, 2.24) is 15.0 Å². The van der Waals surface area contributed by atoms with Crippen molar-refractivity contribution in [2.75, 3.05) is 0 Å². The normalized spacial score (nSPS) is 12.2. The number of fused-ring (bicyclic) bond motifs is 3. The van der Waals surface area contributed by atoms with E-state index in [0.29, 0.717) is 17.5 Å². The molecule has 0 N–H and O–H groups in total. The lowest BCUT2D eigenvalue weighted by Crippen LogP contribution is -2.28. The van der Waals surface area contributed by atoms with Gasteiger partial charge in [0.2, 0.25) is 0 Å². The topological polar surface area (TPSA) is 38.7 Å². The van der Waals surface area contributed by atoms with Crippen molar-refractivity contribution in [3.8, 4) is 89.8 Å². The van der Waals surface area contributed by atoms with Crippen molar-refractivity contribution in [2.45, 2.75) is 5.41 Å². The molecule has 0 atom stereocenters. The summed E-state index contributed by atoms with van der Waals surface area (Å²) in [5.74, 6) is 1.75. The fourth-order valence-corrected chi connectivity index (χ4v) is 9.93. The fourth-order valence-electron chi connectivity index (χ4n) is 9.93. The van der Waals surface area contributed by atoms with Crippen LogP contribution in [0.1, 0.15) is 22.3 Å². The number of hydrogen-bond acceptors (Lipinski definition) is 3. The van der Waals surface area contributed by atoms with Gasteiger partial charge in [-0.1, -0.05) is 206 Å². The summed E-state index contributed by atoms with van der Waals surface area (Å²) in [4.78, 5) is 16.3. The molecular formula is C64H41N3. The van der Waals surface area contributed by atoms with E-state index in [1.54, 1.807) is 0 Å². The smallest absolute Gasteiger partial charge is 0.164 e. The van der Waals surface area contributed by atoms with Crippen LogP contribution in [0.25, 0.3) is 89.8 Å². The standard InChI is InChI=1S/C64H41N3/c1-7-21-44(22-8-1)49-37-50(45-23-9-2-10-24-45)40-53(39-49)62-65-61(66-63(67-62)54-41-51(46-25-11-3-12-26-46)38-52(42-54)47-27-13-4-14-28-47)48-35-36-58-57-33-19-20-34-59(57)64(60(58)43-48,55-29-15-5-16-30-55)56-31-17-6-18-32-56/h1-13,15-27,29-43H. The van der Waals surface area contributed by atoms with Crippen LogP contribution in [0, 0.1) is 12.1 Å². The summed E-state index contributed by atoms with van der Waals surface area (Å²) in [6, 6.07) is 94.7. The Bertz CT molecular complexity index is 3240. The minimum atomic E-state index is -0.583. The molecule has 11 aromatic rings. The zero-order valence-electron chi connectivity index (χ0n) is 36.5.